The maximum absolute atomic E-state index is 13.0. The van der Waals surface area contributed by atoms with Crippen molar-refractivity contribution in [3.8, 4) is 0 Å². The van der Waals surface area contributed by atoms with Crippen LogP contribution in [0, 0.1) is 6.92 Å². The van der Waals surface area contributed by atoms with Crippen LogP contribution in [-0.2, 0) is 27.7 Å². The number of hydrogen-bond acceptors (Lipinski definition) is 3. The van der Waals surface area contributed by atoms with Gasteiger partial charge in [0.05, 0.1) is 4.90 Å². The molecule has 1 atom stereocenters. The number of sulfonamides is 1. The number of rotatable bonds is 8. The molecule has 5 nitrogen and oxygen atoms in total. The molecule has 30 heavy (non-hydrogen) atoms. The van der Waals surface area contributed by atoms with Crippen molar-refractivity contribution < 1.29 is 13.2 Å². The second-order valence-corrected chi connectivity index (χ2v) is 8.93. The minimum absolute atomic E-state index is 0.131. The number of anilines is 1. The fourth-order valence-corrected chi connectivity index (χ4v) is 4.26. The van der Waals surface area contributed by atoms with Gasteiger partial charge in [0, 0.05) is 5.69 Å². The molecule has 1 amide bonds. The van der Waals surface area contributed by atoms with E-state index in [4.69, 9.17) is 0 Å². The molecule has 156 valence electrons. The molecule has 0 aromatic heterocycles. The lowest BCUT2D eigenvalue weighted by atomic mass is 10.1. The summed E-state index contributed by atoms with van der Waals surface area (Å²) < 4.78 is 28.4. The Bertz CT molecular complexity index is 1080. The van der Waals surface area contributed by atoms with Crippen LogP contribution in [0.15, 0.2) is 83.8 Å². The molecule has 0 heterocycles. The summed E-state index contributed by atoms with van der Waals surface area (Å²) >= 11 is 0. The number of carbonyl (C=O) groups excluding carboxylic acids is 1. The quantitative estimate of drug-likeness (QED) is 0.574. The van der Waals surface area contributed by atoms with Gasteiger partial charge in [-0.2, -0.15) is 4.72 Å². The van der Waals surface area contributed by atoms with Gasteiger partial charge >= 0.3 is 0 Å². The monoisotopic (exact) mass is 422 g/mol. The smallest absolute Gasteiger partial charge is 0.242 e. The SMILES string of the molecule is CCc1ccc(NC(=O)[C@H](Cc2ccccc2)NS(=O)(=O)c2ccc(C)cc2)cc1. The molecule has 0 saturated carbocycles. The van der Waals surface area contributed by atoms with Gasteiger partial charge in [-0.3, -0.25) is 4.79 Å². The Morgan fingerprint density at radius 2 is 1.50 bits per heavy atom. The standard InChI is InChI=1S/C24H26N2O3S/c1-3-19-11-13-21(14-12-19)25-24(27)23(17-20-7-5-4-6-8-20)26-30(28,29)22-15-9-18(2)10-16-22/h4-16,23,26H,3,17H2,1-2H3,(H,25,27)/t23-/m0/s1. The van der Waals surface area contributed by atoms with Gasteiger partial charge in [0.25, 0.3) is 0 Å². The summed E-state index contributed by atoms with van der Waals surface area (Å²) in [5, 5.41) is 2.83. The number of amides is 1. The van der Waals surface area contributed by atoms with Crippen molar-refractivity contribution in [3.05, 3.63) is 95.6 Å². The van der Waals surface area contributed by atoms with Gasteiger partial charge in [0.2, 0.25) is 15.9 Å². The normalized spacial score (nSPS) is 12.3. The van der Waals surface area contributed by atoms with Crippen LogP contribution in [-0.4, -0.2) is 20.4 Å². The van der Waals surface area contributed by atoms with Crippen molar-refractivity contribution in [2.45, 2.75) is 37.6 Å². The number of benzene rings is 3. The van der Waals surface area contributed by atoms with E-state index >= 15 is 0 Å². The van der Waals surface area contributed by atoms with Crippen LogP contribution in [0.2, 0.25) is 0 Å². The Hall–Kier alpha value is -2.96. The van der Waals surface area contributed by atoms with E-state index in [1.165, 1.54) is 0 Å². The Morgan fingerprint density at radius 1 is 0.867 bits per heavy atom. The predicted octanol–water partition coefficient (Wildman–Crippen LogP) is 4.09. The number of aryl methyl sites for hydroxylation is 2. The highest BCUT2D eigenvalue weighted by Gasteiger charge is 2.26. The lowest BCUT2D eigenvalue weighted by Crippen LogP contribution is -2.45. The average molecular weight is 423 g/mol. The van der Waals surface area contributed by atoms with Crippen LogP contribution in [0.25, 0.3) is 0 Å². The van der Waals surface area contributed by atoms with Gasteiger partial charge in [0.15, 0.2) is 0 Å². The van der Waals surface area contributed by atoms with E-state index < -0.39 is 22.0 Å². The van der Waals surface area contributed by atoms with E-state index in [1.54, 1.807) is 24.3 Å². The molecule has 0 spiro atoms. The lowest BCUT2D eigenvalue weighted by Gasteiger charge is -2.19. The van der Waals surface area contributed by atoms with E-state index in [1.807, 2.05) is 61.5 Å². The van der Waals surface area contributed by atoms with Crippen LogP contribution in [0.4, 0.5) is 5.69 Å². The van der Waals surface area contributed by atoms with Crippen LogP contribution >= 0.6 is 0 Å². The second-order valence-electron chi connectivity index (χ2n) is 7.22. The van der Waals surface area contributed by atoms with E-state index in [9.17, 15) is 13.2 Å². The first-order valence-electron chi connectivity index (χ1n) is 9.90. The van der Waals surface area contributed by atoms with Crippen LogP contribution in [0.3, 0.4) is 0 Å². The van der Waals surface area contributed by atoms with Crippen LogP contribution in [0.1, 0.15) is 23.6 Å². The average Bonchev–Trinajstić information content (AvgIpc) is 2.74. The zero-order chi connectivity index (χ0) is 21.6. The zero-order valence-electron chi connectivity index (χ0n) is 17.1. The predicted molar refractivity (Wildman–Crippen MR) is 120 cm³/mol. The molecule has 3 rings (SSSR count). The van der Waals surface area contributed by atoms with E-state index in [2.05, 4.69) is 17.0 Å². The molecule has 3 aromatic carbocycles. The first-order chi connectivity index (χ1) is 14.4. The van der Waals surface area contributed by atoms with Crippen LogP contribution in [0.5, 0.6) is 0 Å². The minimum Gasteiger partial charge on any atom is -0.325 e. The molecule has 3 aromatic rings. The fraction of sp³-hybridized carbons (Fsp3) is 0.208. The highest BCUT2D eigenvalue weighted by molar-refractivity contribution is 7.89. The third-order valence-corrected chi connectivity index (χ3v) is 6.35. The zero-order valence-corrected chi connectivity index (χ0v) is 17.9. The molecule has 0 saturated heterocycles. The summed E-state index contributed by atoms with van der Waals surface area (Å²) in [7, 11) is -3.86. The molecule has 0 aliphatic carbocycles. The molecule has 2 N–H and O–H groups in total. The molecular weight excluding hydrogens is 396 g/mol. The summed E-state index contributed by atoms with van der Waals surface area (Å²) in [6.07, 6.45) is 1.14. The minimum atomic E-state index is -3.86. The highest BCUT2D eigenvalue weighted by Crippen LogP contribution is 2.15. The van der Waals surface area contributed by atoms with Crippen molar-refractivity contribution >= 4 is 21.6 Å². The molecule has 0 radical (unpaired) electrons. The second kappa shape index (κ2) is 9.69. The molecule has 0 unspecified atom stereocenters. The Balaban J connectivity index is 1.83. The van der Waals surface area contributed by atoms with Crippen LogP contribution < -0.4 is 10.0 Å². The van der Waals surface area contributed by atoms with E-state index in [0.717, 1.165) is 23.1 Å². The Labute approximate surface area is 178 Å². The molecule has 6 heteroatoms. The molecular formula is C24H26N2O3S. The Kier molecular flexibility index (Phi) is 7.03. The fourth-order valence-electron chi connectivity index (χ4n) is 3.06. The van der Waals surface area contributed by atoms with Gasteiger partial charge < -0.3 is 5.32 Å². The maximum atomic E-state index is 13.0. The highest BCUT2D eigenvalue weighted by atomic mass is 32.2. The first-order valence-corrected chi connectivity index (χ1v) is 11.4. The van der Waals surface area contributed by atoms with Gasteiger partial charge in [-0.15, -0.1) is 0 Å². The number of hydrogen-bond donors (Lipinski definition) is 2. The van der Waals surface area contributed by atoms with Crippen molar-refractivity contribution in [1.82, 2.24) is 4.72 Å². The largest absolute Gasteiger partial charge is 0.325 e. The molecule has 0 bridgehead atoms. The summed E-state index contributed by atoms with van der Waals surface area (Å²) in [5.74, 6) is -0.404. The summed E-state index contributed by atoms with van der Waals surface area (Å²) in [6, 6.07) is 22.5. The summed E-state index contributed by atoms with van der Waals surface area (Å²) in [6.45, 7) is 3.95. The molecule has 0 aliphatic heterocycles. The van der Waals surface area contributed by atoms with Crippen molar-refractivity contribution in [1.29, 1.82) is 0 Å². The third-order valence-electron chi connectivity index (χ3n) is 4.86. The number of carbonyl (C=O) groups is 1. The van der Waals surface area contributed by atoms with Gasteiger partial charge in [0.1, 0.15) is 6.04 Å². The van der Waals surface area contributed by atoms with E-state index in [0.29, 0.717) is 5.69 Å². The van der Waals surface area contributed by atoms with E-state index in [-0.39, 0.29) is 11.3 Å². The molecule has 0 fully saturated rings. The third kappa shape index (κ3) is 5.78. The van der Waals surface area contributed by atoms with Gasteiger partial charge in [-0.25, -0.2) is 8.42 Å². The van der Waals surface area contributed by atoms with Gasteiger partial charge in [-0.05, 0) is 55.2 Å². The van der Waals surface area contributed by atoms with Crippen molar-refractivity contribution in [3.63, 3.8) is 0 Å². The maximum Gasteiger partial charge on any atom is 0.242 e. The summed E-state index contributed by atoms with van der Waals surface area (Å²) in [4.78, 5) is 13.1. The lowest BCUT2D eigenvalue weighted by molar-refractivity contribution is -0.117. The Morgan fingerprint density at radius 3 is 2.10 bits per heavy atom. The topological polar surface area (TPSA) is 75.3 Å². The number of nitrogens with one attached hydrogen (secondary N) is 2. The van der Waals surface area contributed by atoms with Crippen molar-refractivity contribution in [2.75, 3.05) is 5.32 Å². The van der Waals surface area contributed by atoms with Gasteiger partial charge in [-0.1, -0.05) is 67.1 Å². The summed E-state index contributed by atoms with van der Waals surface area (Å²) in [5.41, 5.74) is 3.62. The first kappa shape index (κ1) is 21.7. The molecule has 0 aliphatic rings. The van der Waals surface area contributed by atoms with Crippen molar-refractivity contribution in [2.24, 2.45) is 0 Å².